The Hall–Kier alpha value is -2.01. The third-order valence-electron chi connectivity index (χ3n) is 3.64. The lowest BCUT2D eigenvalue weighted by atomic mass is 9.87. The highest BCUT2D eigenvalue weighted by Crippen LogP contribution is 2.22. The van der Waals surface area contributed by atoms with Crippen molar-refractivity contribution in [2.24, 2.45) is 0 Å². The zero-order valence-electron chi connectivity index (χ0n) is 15.3. The highest BCUT2D eigenvalue weighted by Gasteiger charge is 2.12. The predicted octanol–water partition coefficient (Wildman–Crippen LogP) is 4.70. The van der Waals surface area contributed by atoms with Crippen molar-refractivity contribution in [3.63, 3.8) is 0 Å². The maximum atomic E-state index is 13.6. The number of hydrogen-bond acceptors (Lipinski definition) is 3. The Bertz CT molecular complexity index is 655. The van der Waals surface area contributed by atoms with Gasteiger partial charge in [0.25, 0.3) is 0 Å². The number of nitrogens with one attached hydrogen (secondary N) is 2. The molecule has 0 fully saturated rings. The molecule has 0 radical (unpaired) electrons. The zero-order valence-corrected chi connectivity index (χ0v) is 16.2. The largest absolute Gasteiger partial charge is 0.352 e. The molecule has 0 bridgehead atoms. The molecule has 3 nitrogen and oxygen atoms in total. The van der Waals surface area contributed by atoms with Crippen molar-refractivity contribution in [3.05, 3.63) is 65.1 Å². The number of benzene rings is 1. The standard InChI is InChI=1S/C20H27FN2OS/c1-5-18(23-25)17(21)7-6-14-22-19(24)13-10-15-8-11-16(12-9-15)20(2,3)4/h5,7-13,23,25H,6,14H2,1-4H3,(H,22,24)/b13-10+,17-7+,18-5+. The van der Waals surface area contributed by atoms with Crippen LogP contribution in [0.5, 0.6) is 0 Å². The van der Waals surface area contributed by atoms with Gasteiger partial charge in [0, 0.05) is 12.6 Å². The Kier molecular flexibility index (Phi) is 8.49. The van der Waals surface area contributed by atoms with E-state index in [-0.39, 0.29) is 17.1 Å². The quantitative estimate of drug-likeness (QED) is 0.285. The van der Waals surface area contributed by atoms with E-state index < -0.39 is 0 Å². The summed E-state index contributed by atoms with van der Waals surface area (Å²) in [4.78, 5) is 11.8. The van der Waals surface area contributed by atoms with Crippen LogP contribution < -0.4 is 10.0 Å². The van der Waals surface area contributed by atoms with Crippen LogP contribution in [-0.4, -0.2) is 12.5 Å². The second kappa shape index (κ2) is 10.1. The third-order valence-corrected chi connectivity index (χ3v) is 3.88. The van der Waals surface area contributed by atoms with Crippen LogP contribution in [0.1, 0.15) is 45.2 Å². The van der Waals surface area contributed by atoms with Crippen molar-refractivity contribution in [3.8, 4) is 0 Å². The zero-order chi connectivity index (χ0) is 18.9. The molecular weight excluding hydrogens is 335 g/mol. The summed E-state index contributed by atoms with van der Waals surface area (Å²) in [6.45, 7) is 8.56. The molecule has 1 aromatic rings. The first kappa shape index (κ1) is 21.0. The van der Waals surface area contributed by atoms with Gasteiger partial charge in [-0.05, 0) is 42.0 Å². The van der Waals surface area contributed by atoms with Crippen molar-refractivity contribution in [1.82, 2.24) is 10.0 Å². The van der Waals surface area contributed by atoms with E-state index in [0.29, 0.717) is 18.7 Å². The third kappa shape index (κ3) is 7.61. The first-order valence-corrected chi connectivity index (χ1v) is 8.71. The molecule has 0 unspecified atom stereocenters. The molecule has 136 valence electrons. The Morgan fingerprint density at radius 3 is 2.40 bits per heavy atom. The Labute approximate surface area is 155 Å². The van der Waals surface area contributed by atoms with Crippen LogP contribution in [0.15, 0.2) is 54.0 Å². The fourth-order valence-electron chi connectivity index (χ4n) is 2.09. The summed E-state index contributed by atoms with van der Waals surface area (Å²) in [5, 5.41) is 2.72. The van der Waals surface area contributed by atoms with Gasteiger partial charge in [0.15, 0.2) is 0 Å². The number of rotatable bonds is 7. The minimum atomic E-state index is -0.388. The minimum absolute atomic E-state index is 0.109. The fourth-order valence-corrected chi connectivity index (χ4v) is 2.32. The number of thiol groups is 1. The van der Waals surface area contributed by atoms with E-state index >= 15 is 0 Å². The first-order chi connectivity index (χ1) is 11.8. The number of carbonyl (C=O) groups excluding carboxylic acids is 1. The van der Waals surface area contributed by atoms with Crippen molar-refractivity contribution < 1.29 is 9.18 Å². The average molecular weight is 363 g/mol. The lowest BCUT2D eigenvalue weighted by Crippen LogP contribution is -2.21. The van der Waals surface area contributed by atoms with Crippen LogP contribution in [0.3, 0.4) is 0 Å². The van der Waals surface area contributed by atoms with Gasteiger partial charge in [-0.15, -0.1) is 0 Å². The highest BCUT2D eigenvalue weighted by atomic mass is 32.1. The summed E-state index contributed by atoms with van der Waals surface area (Å²) in [6.07, 6.45) is 6.65. The lowest BCUT2D eigenvalue weighted by Gasteiger charge is -2.18. The van der Waals surface area contributed by atoms with E-state index in [0.717, 1.165) is 5.56 Å². The number of hydrogen-bond donors (Lipinski definition) is 3. The second-order valence-corrected chi connectivity index (χ2v) is 6.87. The maximum Gasteiger partial charge on any atom is 0.244 e. The molecule has 1 amide bonds. The van der Waals surface area contributed by atoms with E-state index in [1.54, 1.807) is 19.1 Å². The van der Waals surface area contributed by atoms with Gasteiger partial charge in [-0.1, -0.05) is 63.9 Å². The van der Waals surface area contributed by atoms with Gasteiger partial charge in [-0.2, -0.15) is 0 Å². The summed E-state index contributed by atoms with van der Waals surface area (Å²) < 4.78 is 16.1. The van der Waals surface area contributed by atoms with Crippen molar-refractivity contribution >= 4 is 24.8 Å². The predicted molar refractivity (Wildman–Crippen MR) is 107 cm³/mol. The molecule has 0 aliphatic carbocycles. The molecule has 0 heterocycles. The van der Waals surface area contributed by atoms with Crippen molar-refractivity contribution in [1.29, 1.82) is 0 Å². The van der Waals surface area contributed by atoms with Crippen LogP contribution in [0.2, 0.25) is 0 Å². The van der Waals surface area contributed by atoms with Gasteiger partial charge in [0.05, 0.1) is 5.70 Å². The van der Waals surface area contributed by atoms with Crippen LogP contribution in [0, 0.1) is 0 Å². The van der Waals surface area contributed by atoms with E-state index in [4.69, 9.17) is 0 Å². The van der Waals surface area contributed by atoms with Gasteiger partial charge in [-0.25, -0.2) is 4.39 Å². The Morgan fingerprint density at radius 1 is 1.24 bits per heavy atom. The van der Waals surface area contributed by atoms with Crippen molar-refractivity contribution in [2.45, 2.75) is 39.5 Å². The SMILES string of the molecule is C/C=C(NS)\C(F)=C/CCNC(=O)/C=C/c1ccc(C(C)(C)C)cc1. The van der Waals surface area contributed by atoms with Gasteiger partial charge in [-0.3, -0.25) is 4.79 Å². The summed E-state index contributed by atoms with van der Waals surface area (Å²) in [5.41, 5.74) is 2.64. The summed E-state index contributed by atoms with van der Waals surface area (Å²) in [5.74, 6) is -0.589. The molecule has 0 aliphatic heterocycles. The fraction of sp³-hybridized carbons (Fsp3) is 0.350. The normalized spacial score (nSPS) is 13.2. The summed E-state index contributed by atoms with van der Waals surface area (Å²) >= 11 is 3.82. The van der Waals surface area contributed by atoms with Gasteiger partial charge < -0.3 is 10.0 Å². The smallest absolute Gasteiger partial charge is 0.244 e. The average Bonchev–Trinajstić information content (AvgIpc) is 2.57. The van der Waals surface area contributed by atoms with Gasteiger partial charge >= 0.3 is 0 Å². The van der Waals surface area contributed by atoms with E-state index in [9.17, 15) is 9.18 Å². The molecule has 0 aliphatic rings. The molecule has 1 aromatic carbocycles. The van der Waals surface area contributed by atoms with Crippen LogP contribution in [-0.2, 0) is 10.2 Å². The minimum Gasteiger partial charge on any atom is -0.352 e. The van der Waals surface area contributed by atoms with Gasteiger partial charge in [0.1, 0.15) is 5.83 Å². The van der Waals surface area contributed by atoms with E-state index in [1.807, 2.05) is 12.1 Å². The van der Waals surface area contributed by atoms with Crippen LogP contribution in [0.4, 0.5) is 4.39 Å². The maximum absolute atomic E-state index is 13.6. The van der Waals surface area contributed by atoms with Crippen LogP contribution >= 0.6 is 12.8 Å². The first-order valence-electron chi connectivity index (χ1n) is 8.27. The molecule has 0 spiro atoms. The summed E-state index contributed by atoms with van der Waals surface area (Å²) in [6, 6.07) is 8.12. The van der Waals surface area contributed by atoms with Crippen molar-refractivity contribution in [2.75, 3.05) is 6.54 Å². The molecule has 0 atom stereocenters. The molecule has 0 saturated carbocycles. The monoisotopic (exact) mass is 362 g/mol. The number of halogens is 1. The lowest BCUT2D eigenvalue weighted by molar-refractivity contribution is -0.116. The molecule has 0 saturated heterocycles. The molecule has 0 aromatic heterocycles. The number of carbonyl (C=O) groups is 1. The molecule has 25 heavy (non-hydrogen) atoms. The Balaban J connectivity index is 2.47. The molecular formula is C20H27FN2OS. The molecule has 1 rings (SSSR count). The molecule has 2 N–H and O–H groups in total. The second-order valence-electron chi connectivity index (χ2n) is 6.65. The van der Waals surface area contributed by atoms with Crippen LogP contribution in [0.25, 0.3) is 6.08 Å². The summed E-state index contributed by atoms with van der Waals surface area (Å²) in [7, 11) is 0. The number of amides is 1. The van der Waals surface area contributed by atoms with E-state index in [2.05, 4.69) is 55.8 Å². The van der Waals surface area contributed by atoms with Gasteiger partial charge in [0.2, 0.25) is 5.91 Å². The molecule has 5 heteroatoms. The van der Waals surface area contributed by atoms with E-state index in [1.165, 1.54) is 17.7 Å². The number of allylic oxidation sites excluding steroid dienone is 2. The topological polar surface area (TPSA) is 41.1 Å². The highest BCUT2D eigenvalue weighted by molar-refractivity contribution is 7.78. The Morgan fingerprint density at radius 2 is 1.88 bits per heavy atom.